The summed E-state index contributed by atoms with van der Waals surface area (Å²) in [6, 6.07) is 7.69. The number of carbonyl (C=O) groups is 2. The van der Waals surface area contributed by atoms with Crippen LogP contribution >= 0.6 is 22.6 Å². The summed E-state index contributed by atoms with van der Waals surface area (Å²) in [5, 5.41) is 3.03. The molecule has 102 valence electrons. The molecule has 2 rings (SSSR count). The second-order valence-electron chi connectivity index (χ2n) is 4.76. The van der Waals surface area contributed by atoms with Crippen LogP contribution in [-0.2, 0) is 4.79 Å². The van der Waals surface area contributed by atoms with Gasteiger partial charge in [0.25, 0.3) is 5.91 Å². The summed E-state index contributed by atoms with van der Waals surface area (Å²) >= 11 is 2.21. The van der Waals surface area contributed by atoms with Gasteiger partial charge in [0.2, 0.25) is 5.91 Å². The first-order chi connectivity index (χ1) is 9.06. The maximum Gasteiger partial charge on any atom is 0.251 e. The fourth-order valence-electron chi connectivity index (χ4n) is 2.21. The summed E-state index contributed by atoms with van der Waals surface area (Å²) in [4.78, 5) is 25.1. The fourth-order valence-corrected chi connectivity index (χ4v) is 2.57. The third-order valence-corrected chi connectivity index (χ3v) is 4.10. The molecule has 0 spiro atoms. The average Bonchev–Trinajstić information content (AvgIpc) is 2.40. The van der Waals surface area contributed by atoms with E-state index in [1.165, 1.54) is 0 Å². The van der Waals surface area contributed by atoms with Crippen LogP contribution < -0.4 is 5.32 Å². The molecule has 19 heavy (non-hydrogen) atoms. The molecule has 2 amide bonds. The largest absolute Gasteiger partial charge is 0.349 e. The lowest BCUT2D eigenvalue weighted by Gasteiger charge is -2.31. The van der Waals surface area contributed by atoms with Crippen molar-refractivity contribution in [2.45, 2.75) is 25.8 Å². The summed E-state index contributed by atoms with van der Waals surface area (Å²) in [6.07, 6.45) is 1.66. The zero-order valence-corrected chi connectivity index (χ0v) is 13.0. The SMILES string of the molecule is CC(=O)N1CCC(NC(=O)c2ccc(I)cc2)CC1. The summed E-state index contributed by atoms with van der Waals surface area (Å²) in [6.45, 7) is 3.05. The third-order valence-electron chi connectivity index (χ3n) is 3.38. The number of likely N-dealkylation sites (tertiary alicyclic amines) is 1. The van der Waals surface area contributed by atoms with Gasteiger partial charge in [-0.1, -0.05) is 0 Å². The van der Waals surface area contributed by atoms with Gasteiger partial charge in [0, 0.05) is 35.2 Å². The molecule has 0 atom stereocenters. The van der Waals surface area contributed by atoms with Crippen molar-refractivity contribution in [3.05, 3.63) is 33.4 Å². The van der Waals surface area contributed by atoms with E-state index in [2.05, 4.69) is 27.9 Å². The molecule has 1 fully saturated rings. The number of nitrogens with one attached hydrogen (secondary N) is 1. The number of rotatable bonds is 2. The van der Waals surface area contributed by atoms with E-state index in [-0.39, 0.29) is 17.9 Å². The van der Waals surface area contributed by atoms with Crippen molar-refractivity contribution < 1.29 is 9.59 Å². The molecule has 1 aromatic carbocycles. The Labute approximate surface area is 126 Å². The molecule has 5 heteroatoms. The van der Waals surface area contributed by atoms with Crippen LogP contribution in [0.2, 0.25) is 0 Å². The Bertz CT molecular complexity index is 465. The Morgan fingerprint density at radius 2 is 1.79 bits per heavy atom. The van der Waals surface area contributed by atoms with Crippen LogP contribution in [0, 0.1) is 3.57 Å². The summed E-state index contributed by atoms with van der Waals surface area (Å²) in [7, 11) is 0. The van der Waals surface area contributed by atoms with Crippen LogP contribution in [0.15, 0.2) is 24.3 Å². The highest BCUT2D eigenvalue weighted by Crippen LogP contribution is 2.12. The summed E-state index contributed by atoms with van der Waals surface area (Å²) < 4.78 is 1.11. The van der Waals surface area contributed by atoms with Gasteiger partial charge in [-0.2, -0.15) is 0 Å². The topological polar surface area (TPSA) is 49.4 Å². The van der Waals surface area contributed by atoms with E-state index in [1.54, 1.807) is 6.92 Å². The number of halogens is 1. The predicted octanol–water partition coefficient (Wildman–Crippen LogP) is 2.03. The van der Waals surface area contributed by atoms with Gasteiger partial charge >= 0.3 is 0 Å². The van der Waals surface area contributed by atoms with E-state index < -0.39 is 0 Å². The molecular formula is C14H17IN2O2. The highest BCUT2D eigenvalue weighted by Gasteiger charge is 2.22. The Morgan fingerprint density at radius 3 is 2.32 bits per heavy atom. The molecule has 0 aromatic heterocycles. The molecule has 0 saturated carbocycles. The Kier molecular flexibility index (Phi) is 4.79. The van der Waals surface area contributed by atoms with Gasteiger partial charge in [-0.3, -0.25) is 9.59 Å². The minimum atomic E-state index is -0.0299. The van der Waals surface area contributed by atoms with Gasteiger partial charge in [0.05, 0.1) is 0 Å². The van der Waals surface area contributed by atoms with Gasteiger partial charge in [0.1, 0.15) is 0 Å². The number of nitrogens with zero attached hydrogens (tertiary/aromatic N) is 1. The molecule has 0 aliphatic carbocycles. The van der Waals surface area contributed by atoms with Crippen LogP contribution in [0.1, 0.15) is 30.1 Å². The second kappa shape index (κ2) is 6.36. The van der Waals surface area contributed by atoms with Crippen molar-refractivity contribution >= 4 is 34.4 Å². The molecule has 1 aliphatic rings. The average molecular weight is 372 g/mol. The highest BCUT2D eigenvalue weighted by molar-refractivity contribution is 14.1. The first kappa shape index (κ1) is 14.3. The minimum Gasteiger partial charge on any atom is -0.349 e. The lowest BCUT2D eigenvalue weighted by molar-refractivity contribution is -0.129. The molecule has 0 radical (unpaired) electrons. The lowest BCUT2D eigenvalue weighted by Crippen LogP contribution is -2.45. The van der Waals surface area contributed by atoms with E-state index in [1.807, 2.05) is 29.2 Å². The quantitative estimate of drug-likeness (QED) is 0.808. The van der Waals surface area contributed by atoms with E-state index in [4.69, 9.17) is 0 Å². The molecule has 1 saturated heterocycles. The number of benzene rings is 1. The number of piperidine rings is 1. The van der Waals surface area contributed by atoms with E-state index in [0.29, 0.717) is 5.56 Å². The lowest BCUT2D eigenvalue weighted by atomic mass is 10.0. The van der Waals surface area contributed by atoms with Crippen LogP contribution in [0.25, 0.3) is 0 Å². The van der Waals surface area contributed by atoms with E-state index in [9.17, 15) is 9.59 Å². The maximum atomic E-state index is 12.0. The van der Waals surface area contributed by atoms with Crippen molar-refractivity contribution in [1.82, 2.24) is 10.2 Å². The Hall–Kier alpha value is -1.11. The third kappa shape index (κ3) is 3.92. The van der Waals surface area contributed by atoms with Gasteiger partial charge in [-0.25, -0.2) is 0 Å². The first-order valence-corrected chi connectivity index (χ1v) is 7.46. The van der Waals surface area contributed by atoms with Gasteiger partial charge < -0.3 is 10.2 Å². The normalized spacial score (nSPS) is 16.2. The highest BCUT2D eigenvalue weighted by atomic mass is 127. The zero-order chi connectivity index (χ0) is 13.8. The van der Waals surface area contributed by atoms with Gasteiger partial charge in [0.15, 0.2) is 0 Å². The fraction of sp³-hybridized carbons (Fsp3) is 0.429. The van der Waals surface area contributed by atoms with Crippen molar-refractivity contribution in [2.24, 2.45) is 0 Å². The van der Waals surface area contributed by atoms with Crippen LogP contribution in [0.4, 0.5) is 0 Å². The standard InChI is InChI=1S/C14H17IN2O2/c1-10(18)17-8-6-13(7-9-17)16-14(19)11-2-4-12(15)5-3-11/h2-5,13H,6-9H2,1H3,(H,16,19). The van der Waals surface area contributed by atoms with Crippen LogP contribution in [0.3, 0.4) is 0 Å². The molecule has 1 aromatic rings. The van der Waals surface area contributed by atoms with Gasteiger partial charge in [-0.05, 0) is 59.7 Å². The molecule has 0 bridgehead atoms. The maximum absolute atomic E-state index is 12.0. The molecule has 1 heterocycles. The molecule has 0 unspecified atom stereocenters. The summed E-state index contributed by atoms with van der Waals surface area (Å²) in [5.41, 5.74) is 0.689. The van der Waals surface area contributed by atoms with Crippen molar-refractivity contribution in [2.75, 3.05) is 13.1 Å². The first-order valence-electron chi connectivity index (χ1n) is 6.38. The van der Waals surface area contributed by atoms with Crippen LogP contribution in [-0.4, -0.2) is 35.8 Å². The zero-order valence-electron chi connectivity index (χ0n) is 10.9. The molecule has 4 nitrogen and oxygen atoms in total. The monoisotopic (exact) mass is 372 g/mol. The van der Waals surface area contributed by atoms with Gasteiger partial charge in [-0.15, -0.1) is 0 Å². The molecule has 1 N–H and O–H groups in total. The molecular weight excluding hydrogens is 355 g/mol. The predicted molar refractivity (Wildman–Crippen MR) is 81.9 cm³/mol. The van der Waals surface area contributed by atoms with Crippen LogP contribution in [0.5, 0.6) is 0 Å². The van der Waals surface area contributed by atoms with Crippen molar-refractivity contribution in [3.8, 4) is 0 Å². The number of carbonyl (C=O) groups excluding carboxylic acids is 2. The smallest absolute Gasteiger partial charge is 0.251 e. The van der Waals surface area contributed by atoms with Crippen molar-refractivity contribution in [1.29, 1.82) is 0 Å². The van der Waals surface area contributed by atoms with E-state index >= 15 is 0 Å². The Balaban J connectivity index is 1.87. The molecule has 1 aliphatic heterocycles. The summed E-state index contributed by atoms with van der Waals surface area (Å²) in [5.74, 6) is 0.0834. The number of amides is 2. The number of hydrogen-bond acceptors (Lipinski definition) is 2. The van der Waals surface area contributed by atoms with E-state index in [0.717, 1.165) is 29.5 Å². The second-order valence-corrected chi connectivity index (χ2v) is 6.01. The number of hydrogen-bond donors (Lipinski definition) is 1. The minimum absolute atomic E-state index is 0.0299. The van der Waals surface area contributed by atoms with Crippen molar-refractivity contribution in [3.63, 3.8) is 0 Å². The Morgan fingerprint density at radius 1 is 1.21 bits per heavy atom.